The van der Waals surface area contributed by atoms with Crippen molar-refractivity contribution in [2.24, 2.45) is 0 Å². The summed E-state index contributed by atoms with van der Waals surface area (Å²) in [5, 5.41) is 0. The summed E-state index contributed by atoms with van der Waals surface area (Å²) in [7, 11) is 0. The number of nitrogens with zero attached hydrogens (tertiary/aromatic N) is 2. The van der Waals surface area contributed by atoms with Crippen LogP contribution >= 0.6 is 0 Å². The topological polar surface area (TPSA) is 17.8 Å². The summed E-state index contributed by atoms with van der Waals surface area (Å²) >= 11 is 0. The predicted octanol–water partition coefficient (Wildman–Crippen LogP) is 5.82. The molecule has 4 aromatic rings. The van der Waals surface area contributed by atoms with Gasteiger partial charge in [0.2, 0.25) is 0 Å². The first kappa shape index (κ1) is 15.4. The Morgan fingerprint density at radius 3 is 2.48 bits per heavy atom. The van der Waals surface area contributed by atoms with Crippen molar-refractivity contribution < 1.29 is 0 Å². The molecular weight excluding hydrogens is 304 g/mol. The second-order valence-electron chi connectivity index (χ2n) is 6.35. The molecule has 0 saturated heterocycles. The molecule has 122 valence electrons. The van der Waals surface area contributed by atoms with Gasteiger partial charge in [-0.15, -0.1) is 0 Å². The van der Waals surface area contributed by atoms with E-state index in [1.165, 1.54) is 22.3 Å². The molecule has 4 rings (SSSR count). The summed E-state index contributed by atoms with van der Waals surface area (Å²) in [5.41, 5.74) is 8.23. The highest BCUT2D eigenvalue weighted by atomic mass is 15.0. The maximum atomic E-state index is 4.62. The van der Waals surface area contributed by atoms with Gasteiger partial charge >= 0.3 is 0 Å². The van der Waals surface area contributed by atoms with E-state index in [0.29, 0.717) is 0 Å². The van der Waals surface area contributed by atoms with Crippen LogP contribution in [0.1, 0.15) is 11.1 Å². The van der Waals surface area contributed by atoms with Gasteiger partial charge in [0.15, 0.2) is 0 Å². The van der Waals surface area contributed by atoms with Gasteiger partial charge in [0.1, 0.15) is 0 Å². The molecule has 2 heterocycles. The number of hydrogen-bond acceptors (Lipinski definition) is 1. The minimum Gasteiger partial charge on any atom is -0.315 e. The monoisotopic (exact) mass is 324 g/mol. The SMILES string of the molecule is Cc1ccc(C)c(-c2ccnc(-c3cccn3-c3ccccc3)c2)c1. The molecule has 0 amide bonds. The van der Waals surface area contributed by atoms with Crippen molar-refractivity contribution in [1.82, 2.24) is 9.55 Å². The zero-order valence-electron chi connectivity index (χ0n) is 14.5. The van der Waals surface area contributed by atoms with Crippen LogP contribution in [0, 0.1) is 13.8 Å². The van der Waals surface area contributed by atoms with E-state index in [1.807, 2.05) is 12.3 Å². The normalized spacial score (nSPS) is 10.8. The molecule has 2 aromatic heterocycles. The molecular formula is C23H20N2. The van der Waals surface area contributed by atoms with Crippen molar-refractivity contribution in [3.05, 3.63) is 96.3 Å². The molecule has 0 atom stereocenters. The van der Waals surface area contributed by atoms with Crippen molar-refractivity contribution in [2.45, 2.75) is 13.8 Å². The Labute approximate surface area is 148 Å². The lowest BCUT2D eigenvalue weighted by Crippen LogP contribution is -1.96. The third-order valence-corrected chi connectivity index (χ3v) is 4.51. The predicted molar refractivity (Wildman–Crippen MR) is 104 cm³/mol. The lowest BCUT2D eigenvalue weighted by molar-refractivity contribution is 1.07. The Kier molecular flexibility index (Phi) is 3.95. The van der Waals surface area contributed by atoms with Gasteiger partial charge < -0.3 is 4.57 Å². The third kappa shape index (κ3) is 2.99. The molecule has 2 nitrogen and oxygen atoms in total. The summed E-state index contributed by atoms with van der Waals surface area (Å²) in [6.07, 6.45) is 3.98. The van der Waals surface area contributed by atoms with Crippen molar-refractivity contribution in [2.75, 3.05) is 0 Å². The Morgan fingerprint density at radius 1 is 0.800 bits per heavy atom. The van der Waals surface area contributed by atoms with Crippen molar-refractivity contribution in [3.8, 4) is 28.2 Å². The summed E-state index contributed by atoms with van der Waals surface area (Å²) in [6, 6.07) is 25.4. The maximum Gasteiger partial charge on any atom is 0.0876 e. The molecule has 0 saturated carbocycles. The molecule has 0 N–H and O–H groups in total. The van der Waals surface area contributed by atoms with Gasteiger partial charge in [-0.05, 0) is 66.9 Å². The number of aromatic nitrogens is 2. The number of hydrogen-bond donors (Lipinski definition) is 0. The van der Waals surface area contributed by atoms with Gasteiger partial charge in [0.05, 0.1) is 11.4 Å². The quantitative estimate of drug-likeness (QED) is 0.464. The van der Waals surface area contributed by atoms with Gasteiger partial charge in [-0.25, -0.2) is 0 Å². The minimum atomic E-state index is 0.979. The Balaban J connectivity index is 1.82. The van der Waals surface area contributed by atoms with E-state index >= 15 is 0 Å². The van der Waals surface area contributed by atoms with Gasteiger partial charge in [0, 0.05) is 18.1 Å². The minimum absolute atomic E-state index is 0.979. The fraction of sp³-hybridized carbons (Fsp3) is 0.0870. The van der Waals surface area contributed by atoms with Gasteiger partial charge in [-0.1, -0.05) is 42.0 Å². The standard InChI is InChI=1S/C23H20N2/c1-17-10-11-18(2)21(15-17)19-12-13-24-22(16-19)23-9-6-14-25(23)20-7-4-3-5-8-20/h3-16H,1-2H3. The van der Waals surface area contributed by atoms with Crippen LogP contribution in [0.2, 0.25) is 0 Å². The van der Waals surface area contributed by atoms with Crippen LogP contribution in [-0.4, -0.2) is 9.55 Å². The molecule has 0 spiro atoms. The average molecular weight is 324 g/mol. The Morgan fingerprint density at radius 2 is 1.64 bits per heavy atom. The second-order valence-corrected chi connectivity index (χ2v) is 6.35. The summed E-state index contributed by atoms with van der Waals surface area (Å²) in [6.45, 7) is 4.28. The molecule has 25 heavy (non-hydrogen) atoms. The first-order valence-electron chi connectivity index (χ1n) is 8.49. The Hall–Kier alpha value is -3.13. The van der Waals surface area contributed by atoms with E-state index in [1.54, 1.807) is 0 Å². The first-order chi connectivity index (χ1) is 12.2. The maximum absolute atomic E-state index is 4.62. The highest BCUT2D eigenvalue weighted by Crippen LogP contribution is 2.29. The van der Waals surface area contributed by atoms with E-state index in [9.17, 15) is 0 Å². The molecule has 0 aliphatic heterocycles. The first-order valence-corrected chi connectivity index (χ1v) is 8.49. The molecule has 0 radical (unpaired) electrons. The number of pyridine rings is 1. The summed E-state index contributed by atoms with van der Waals surface area (Å²) < 4.78 is 2.18. The number of aryl methyl sites for hydroxylation is 2. The fourth-order valence-corrected chi connectivity index (χ4v) is 3.19. The third-order valence-electron chi connectivity index (χ3n) is 4.51. The molecule has 0 aliphatic rings. The second kappa shape index (κ2) is 6.40. The summed E-state index contributed by atoms with van der Waals surface area (Å²) in [5.74, 6) is 0. The molecule has 0 aliphatic carbocycles. The zero-order chi connectivity index (χ0) is 17.2. The fourth-order valence-electron chi connectivity index (χ4n) is 3.19. The smallest absolute Gasteiger partial charge is 0.0876 e. The van der Waals surface area contributed by atoms with Crippen LogP contribution in [0.15, 0.2) is 85.2 Å². The van der Waals surface area contributed by atoms with Gasteiger partial charge in [-0.2, -0.15) is 0 Å². The number of rotatable bonds is 3. The van der Waals surface area contributed by atoms with Crippen LogP contribution in [0.25, 0.3) is 28.2 Å². The van der Waals surface area contributed by atoms with Gasteiger partial charge in [0.25, 0.3) is 0 Å². The largest absolute Gasteiger partial charge is 0.315 e. The van der Waals surface area contributed by atoms with E-state index in [4.69, 9.17) is 0 Å². The van der Waals surface area contributed by atoms with Crippen LogP contribution in [0.5, 0.6) is 0 Å². The lowest BCUT2D eigenvalue weighted by atomic mass is 9.98. The number of para-hydroxylation sites is 1. The average Bonchev–Trinajstić information content (AvgIpc) is 3.14. The highest BCUT2D eigenvalue weighted by molar-refractivity contribution is 5.72. The van der Waals surface area contributed by atoms with E-state index in [0.717, 1.165) is 17.1 Å². The number of benzene rings is 2. The van der Waals surface area contributed by atoms with Crippen LogP contribution < -0.4 is 0 Å². The molecule has 0 unspecified atom stereocenters. The molecule has 2 heteroatoms. The Bertz CT molecular complexity index is 1010. The zero-order valence-corrected chi connectivity index (χ0v) is 14.5. The van der Waals surface area contributed by atoms with E-state index < -0.39 is 0 Å². The van der Waals surface area contributed by atoms with Crippen molar-refractivity contribution in [1.29, 1.82) is 0 Å². The van der Waals surface area contributed by atoms with E-state index in [-0.39, 0.29) is 0 Å². The van der Waals surface area contributed by atoms with E-state index in [2.05, 4.69) is 96.3 Å². The van der Waals surface area contributed by atoms with Crippen LogP contribution in [-0.2, 0) is 0 Å². The van der Waals surface area contributed by atoms with Crippen molar-refractivity contribution in [3.63, 3.8) is 0 Å². The molecule has 0 bridgehead atoms. The van der Waals surface area contributed by atoms with Gasteiger partial charge in [-0.3, -0.25) is 4.98 Å². The highest BCUT2D eigenvalue weighted by Gasteiger charge is 2.09. The molecule has 0 fully saturated rings. The summed E-state index contributed by atoms with van der Waals surface area (Å²) in [4.78, 5) is 4.62. The van der Waals surface area contributed by atoms with Crippen LogP contribution in [0.3, 0.4) is 0 Å². The van der Waals surface area contributed by atoms with Crippen molar-refractivity contribution >= 4 is 0 Å². The van der Waals surface area contributed by atoms with Crippen LogP contribution in [0.4, 0.5) is 0 Å². The lowest BCUT2D eigenvalue weighted by Gasteiger charge is -2.11. The molecule has 2 aromatic carbocycles.